The van der Waals surface area contributed by atoms with Crippen molar-refractivity contribution in [3.8, 4) is 5.75 Å². The van der Waals surface area contributed by atoms with Gasteiger partial charge in [0.25, 0.3) is 0 Å². The van der Waals surface area contributed by atoms with Crippen LogP contribution in [0.5, 0.6) is 5.75 Å². The van der Waals surface area contributed by atoms with Crippen molar-refractivity contribution >= 4 is 37.2 Å². The van der Waals surface area contributed by atoms with E-state index in [0.717, 1.165) is 62.8 Å². The van der Waals surface area contributed by atoms with Gasteiger partial charge in [-0.3, -0.25) is 4.79 Å². The SMILES string of the molecule is CC(C)(C)OC(=O)Oc1ccc(C(CN(CCCCCCOCCCCc2ccc(N)cc2)C(=O)OC(C)(C)C)O[Si](C)(C)C(C)(C)C)c2ccc(=O)[nH]c12. The molecule has 0 radical (unpaired) electrons. The van der Waals surface area contributed by atoms with Gasteiger partial charge in [0.1, 0.15) is 11.2 Å². The Bertz CT molecular complexity index is 1740. The zero-order chi connectivity index (χ0) is 41.0. The van der Waals surface area contributed by atoms with Crippen molar-refractivity contribution in [1.82, 2.24) is 9.88 Å². The van der Waals surface area contributed by atoms with Crippen LogP contribution >= 0.6 is 0 Å². The molecule has 0 bridgehead atoms. The van der Waals surface area contributed by atoms with Crippen LogP contribution in [0.1, 0.15) is 118 Å². The van der Waals surface area contributed by atoms with Crippen LogP contribution in [0.2, 0.25) is 18.1 Å². The molecule has 306 valence electrons. The summed E-state index contributed by atoms with van der Waals surface area (Å²) in [5.41, 5.74) is 7.15. The molecule has 3 aromatic rings. The molecule has 11 nitrogen and oxygen atoms in total. The zero-order valence-electron chi connectivity index (χ0n) is 35.3. The van der Waals surface area contributed by atoms with Gasteiger partial charge in [-0.05, 0) is 127 Å². The van der Waals surface area contributed by atoms with Crippen molar-refractivity contribution in [3.05, 3.63) is 70.0 Å². The number of nitrogens with two attached hydrogens (primary N) is 1. The second-order valence-electron chi connectivity index (χ2n) is 17.8. The minimum Gasteiger partial charge on any atom is -0.444 e. The lowest BCUT2D eigenvalue weighted by atomic mass is 10.0. The van der Waals surface area contributed by atoms with Crippen LogP contribution in [0, 0.1) is 0 Å². The normalized spacial score (nSPS) is 13.1. The van der Waals surface area contributed by atoms with E-state index < -0.39 is 37.9 Å². The number of nitrogen functional groups attached to an aromatic ring is 1. The first-order chi connectivity index (χ1) is 25.5. The topological polar surface area (TPSA) is 142 Å². The highest BCUT2D eigenvalue weighted by molar-refractivity contribution is 6.74. The molecule has 1 aromatic heterocycles. The van der Waals surface area contributed by atoms with Gasteiger partial charge in [-0.25, -0.2) is 9.59 Å². The average molecular weight is 782 g/mol. The first-order valence-electron chi connectivity index (χ1n) is 19.7. The summed E-state index contributed by atoms with van der Waals surface area (Å²) in [6.07, 6.45) is 4.86. The molecular weight excluding hydrogens is 715 g/mol. The number of H-pyrrole nitrogens is 1. The second kappa shape index (κ2) is 19.8. The molecule has 0 saturated heterocycles. The third kappa shape index (κ3) is 15.7. The minimum atomic E-state index is -2.42. The number of anilines is 1. The van der Waals surface area contributed by atoms with E-state index in [2.05, 4.69) is 51.0 Å². The number of ether oxygens (including phenoxy) is 4. The molecule has 1 heterocycles. The fraction of sp³-hybridized carbons (Fsp3) is 0.605. The average Bonchev–Trinajstić information content (AvgIpc) is 3.05. The smallest absolute Gasteiger partial charge is 0.444 e. The van der Waals surface area contributed by atoms with Crippen LogP contribution in [0.3, 0.4) is 0 Å². The van der Waals surface area contributed by atoms with Crippen LogP contribution < -0.4 is 16.0 Å². The minimum absolute atomic E-state index is 0.134. The molecule has 3 rings (SSSR count). The molecule has 1 atom stereocenters. The summed E-state index contributed by atoms with van der Waals surface area (Å²) in [5, 5.41) is 0.504. The number of nitrogens with zero attached hydrogens (tertiary/aromatic N) is 1. The Balaban J connectivity index is 1.76. The summed E-state index contributed by atoms with van der Waals surface area (Å²) < 4.78 is 29.9. The number of nitrogens with one attached hydrogen (secondary N) is 1. The number of benzene rings is 2. The van der Waals surface area contributed by atoms with Crippen molar-refractivity contribution in [2.75, 3.05) is 32.0 Å². The Morgan fingerprint density at radius 2 is 1.40 bits per heavy atom. The van der Waals surface area contributed by atoms with E-state index in [0.29, 0.717) is 24.1 Å². The lowest BCUT2D eigenvalue weighted by Gasteiger charge is -2.41. The zero-order valence-corrected chi connectivity index (χ0v) is 36.3. The number of fused-ring (bicyclic) bond motifs is 1. The molecule has 1 amide bonds. The lowest BCUT2D eigenvalue weighted by Crippen LogP contribution is -2.46. The van der Waals surface area contributed by atoms with E-state index in [9.17, 15) is 14.4 Å². The van der Waals surface area contributed by atoms with Crippen LogP contribution in [-0.4, -0.2) is 68.0 Å². The maximum Gasteiger partial charge on any atom is 0.514 e. The van der Waals surface area contributed by atoms with Gasteiger partial charge in [0.2, 0.25) is 5.56 Å². The molecular formula is C43H67N3O8Si. The van der Waals surface area contributed by atoms with Crippen LogP contribution in [0.25, 0.3) is 10.9 Å². The van der Waals surface area contributed by atoms with Crippen molar-refractivity contribution in [2.24, 2.45) is 0 Å². The first kappa shape index (κ1) is 45.5. The number of hydrogen-bond acceptors (Lipinski definition) is 9. The number of carbonyl (C=O) groups excluding carboxylic acids is 2. The first-order valence-corrected chi connectivity index (χ1v) is 22.6. The standard InChI is InChI=1S/C43H67N3O8Si/c1-41(2,3)52-39(48)46(27-15-12-13-16-28-50-29-17-14-18-31-19-21-32(44)22-20-31)30-36(54-55(10,11)43(7,8)9)33-23-25-35(51-40(49)53-42(4,5)6)38-34(33)24-26-37(47)45-38/h19-26,36H,12-18,27-30,44H2,1-11H3,(H,45,47). The number of carbonyl (C=O) groups is 2. The van der Waals surface area contributed by atoms with E-state index in [1.54, 1.807) is 37.8 Å². The van der Waals surface area contributed by atoms with Gasteiger partial charge >= 0.3 is 12.2 Å². The Morgan fingerprint density at radius 3 is 2.02 bits per heavy atom. The molecule has 0 aliphatic carbocycles. The number of aromatic amines is 1. The molecule has 1 unspecified atom stereocenters. The summed E-state index contributed by atoms with van der Waals surface area (Å²) in [5.74, 6) is 0.155. The fourth-order valence-corrected chi connectivity index (χ4v) is 6.94. The maximum absolute atomic E-state index is 13.8. The molecule has 0 aliphatic heterocycles. The van der Waals surface area contributed by atoms with Crippen molar-refractivity contribution in [2.45, 2.75) is 143 Å². The van der Waals surface area contributed by atoms with Crippen LogP contribution in [-0.2, 0) is 25.1 Å². The number of rotatable bonds is 18. The number of aromatic nitrogens is 1. The van der Waals surface area contributed by atoms with E-state index in [1.807, 2.05) is 39.0 Å². The number of pyridine rings is 1. The van der Waals surface area contributed by atoms with Gasteiger partial charge in [0, 0.05) is 36.9 Å². The summed E-state index contributed by atoms with van der Waals surface area (Å²) in [7, 11) is -2.42. The van der Waals surface area contributed by atoms with Gasteiger partial charge in [-0.1, -0.05) is 51.8 Å². The van der Waals surface area contributed by atoms with Gasteiger partial charge in [0.05, 0.1) is 18.2 Å². The summed E-state index contributed by atoms with van der Waals surface area (Å²) in [6.45, 7) is 23.8. The fourth-order valence-electron chi connectivity index (χ4n) is 5.67. The van der Waals surface area contributed by atoms with E-state index in [1.165, 1.54) is 11.6 Å². The Morgan fingerprint density at radius 1 is 0.782 bits per heavy atom. The van der Waals surface area contributed by atoms with Gasteiger partial charge in [0.15, 0.2) is 14.1 Å². The molecule has 0 spiro atoms. The highest BCUT2D eigenvalue weighted by atomic mass is 28.4. The maximum atomic E-state index is 13.8. The van der Waals surface area contributed by atoms with Gasteiger partial charge in [-0.2, -0.15) is 0 Å². The Kier molecular flexibility index (Phi) is 16.4. The predicted octanol–water partition coefficient (Wildman–Crippen LogP) is 10.3. The van der Waals surface area contributed by atoms with E-state index >= 15 is 0 Å². The number of unbranched alkanes of at least 4 members (excludes halogenated alkanes) is 4. The second-order valence-corrected chi connectivity index (χ2v) is 22.6. The van der Waals surface area contributed by atoms with E-state index in [-0.39, 0.29) is 22.9 Å². The predicted molar refractivity (Wildman–Crippen MR) is 223 cm³/mol. The summed E-state index contributed by atoms with van der Waals surface area (Å²) in [4.78, 5) is 43.7. The van der Waals surface area contributed by atoms with Crippen molar-refractivity contribution < 1.29 is 33.0 Å². The summed E-state index contributed by atoms with van der Waals surface area (Å²) in [6, 6.07) is 14.7. The Labute approximate surface area is 329 Å². The van der Waals surface area contributed by atoms with Crippen LogP contribution in [0.15, 0.2) is 53.3 Å². The van der Waals surface area contributed by atoms with E-state index in [4.69, 9.17) is 29.1 Å². The molecule has 0 saturated carbocycles. The molecule has 12 heteroatoms. The highest BCUT2D eigenvalue weighted by Crippen LogP contribution is 2.42. The van der Waals surface area contributed by atoms with Crippen molar-refractivity contribution in [1.29, 1.82) is 0 Å². The molecule has 0 aliphatic rings. The van der Waals surface area contributed by atoms with Crippen molar-refractivity contribution in [3.63, 3.8) is 0 Å². The third-order valence-corrected chi connectivity index (χ3v) is 14.0. The van der Waals surface area contributed by atoms with Gasteiger partial charge in [-0.15, -0.1) is 0 Å². The third-order valence-electron chi connectivity index (χ3n) is 9.55. The number of hydrogen-bond donors (Lipinski definition) is 2. The monoisotopic (exact) mass is 781 g/mol. The molecule has 55 heavy (non-hydrogen) atoms. The van der Waals surface area contributed by atoms with Crippen LogP contribution in [0.4, 0.5) is 15.3 Å². The molecule has 2 aromatic carbocycles. The Hall–Kier alpha value is -3.87. The molecule has 3 N–H and O–H groups in total. The number of amides is 1. The van der Waals surface area contributed by atoms with Gasteiger partial charge < -0.3 is 39.0 Å². The number of aryl methyl sites for hydroxylation is 1. The summed E-state index contributed by atoms with van der Waals surface area (Å²) >= 11 is 0. The lowest BCUT2D eigenvalue weighted by molar-refractivity contribution is 0.0150. The molecule has 0 fully saturated rings. The largest absolute Gasteiger partial charge is 0.514 e. The quantitative estimate of drug-likeness (QED) is 0.0424. The highest BCUT2D eigenvalue weighted by Gasteiger charge is 2.41.